The minimum absolute atomic E-state index is 0.00669. The molecule has 180 valence electrons. The topological polar surface area (TPSA) is 84.3 Å². The van der Waals surface area contributed by atoms with Crippen molar-refractivity contribution in [3.05, 3.63) is 88.0 Å². The van der Waals surface area contributed by atoms with Gasteiger partial charge in [0.2, 0.25) is 5.91 Å². The van der Waals surface area contributed by atoms with Crippen molar-refractivity contribution in [3.8, 4) is 11.3 Å². The Morgan fingerprint density at radius 1 is 0.943 bits per heavy atom. The van der Waals surface area contributed by atoms with E-state index in [1.165, 1.54) is 18.2 Å². The van der Waals surface area contributed by atoms with Crippen LogP contribution in [0.4, 0.5) is 4.39 Å². The molecule has 2 heterocycles. The van der Waals surface area contributed by atoms with Crippen LogP contribution in [0.5, 0.6) is 0 Å². The number of hydrogen-bond donors (Lipinski definition) is 1. The number of fused-ring (bicyclic) bond motifs is 1. The van der Waals surface area contributed by atoms with Crippen molar-refractivity contribution in [2.24, 2.45) is 0 Å². The first-order valence-electron chi connectivity index (χ1n) is 12.0. The van der Waals surface area contributed by atoms with Gasteiger partial charge in [-0.15, -0.1) is 0 Å². The molecule has 3 aromatic rings. The van der Waals surface area contributed by atoms with Crippen molar-refractivity contribution in [1.82, 2.24) is 20.0 Å². The zero-order valence-corrected chi connectivity index (χ0v) is 19.4. The number of aromatic nitrogens is 2. The molecule has 0 spiro atoms. The fourth-order valence-electron chi connectivity index (χ4n) is 5.22. The van der Waals surface area contributed by atoms with Crippen molar-refractivity contribution in [1.29, 1.82) is 0 Å². The number of nitrogens with zero attached hydrogens (tertiary/aromatic N) is 3. The monoisotopic (exact) mass is 474 g/mol. The number of carbonyl (C=O) groups is 2. The molecule has 1 N–H and O–H groups in total. The SMILES string of the molecule is O=C(Cn1nc(-c2ccccc2F)ccc1=O)NCC1(N2Cc3ccccc3C2=O)CCCCC1. The van der Waals surface area contributed by atoms with E-state index in [0.717, 1.165) is 47.9 Å². The van der Waals surface area contributed by atoms with Crippen LogP contribution in [0, 0.1) is 5.82 Å². The van der Waals surface area contributed by atoms with E-state index in [4.69, 9.17) is 0 Å². The van der Waals surface area contributed by atoms with Crippen LogP contribution in [0.1, 0.15) is 48.0 Å². The highest BCUT2D eigenvalue weighted by atomic mass is 19.1. The van der Waals surface area contributed by atoms with Gasteiger partial charge in [-0.05, 0) is 42.7 Å². The highest BCUT2D eigenvalue weighted by molar-refractivity contribution is 5.98. The molecule has 8 heteroatoms. The van der Waals surface area contributed by atoms with Crippen LogP contribution in [-0.2, 0) is 17.9 Å². The highest BCUT2D eigenvalue weighted by Crippen LogP contribution is 2.38. The molecule has 2 aromatic carbocycles. The molecule has 0 radical (unpaired) electrons. The van der Waals surface area contributed by atoms with Crippen LogP contribution >= 0.6 is 0 Å². The molecular formula is C27H27FN4O3. The number of hydrogen-bond acceptors (Lipinski definition) is 4. The van der Waals surface area contributed by atoms with Gasteiger partial charge in [-0.1, -0.05) is 49.6 Å². The summed E-state index contributed by atoms with van der Waals surface area (Å²) < 4.78 is 15.2. The first-order chi connectivity index (χ1) is 17.0. The normalized spacial score (nSPS) is 16.7. The third-order valence-corrected chi connectivity index (χ3v) is 7.10. The maximum atomic E-state index is 14.2. The molecule has 1 aliphatic carbocycles. The van der Waals surface area contributed by atoms with E-state index < -0.39 is 16.9 Å². The minimum atomic E-state index is -0.461. The third-order valence-electron chi connectivity index (χ3n) is 7.10. The average Bonchev–Trinajstić information content (AvgIpc) is 3.22. The van der Waals surface area contributed by atoms with Gasteiger partial charge in [0.1, 0.15) is 12.4 Å². The van der Waals surface area contributed by atoms with Crippen LogP contribution in [0.2, 0.25) is 0 Å². The molecule has 1 saturated carbocycles. The van der Waals surface area contributed by atoms with Gasteiger partial charge in [0, 0.05) is 30.3 Å². The second kappa shape index (κ2) is 9.44. The predicted molar refractivity (Wildman–Crippen MR) is 129 cm³/mol. The molecule has 1 fully saturated rings. The Bertz CT molecular complexity index is 1330. The lowest BCUT2D eigenvalue weighted by Gasteiger charge is -2.44. The standard InChI is InChI=1S/C27H27FN4O3/c28-22-11-5-4-10-21(22)23-12-13-25(34)32(30-23)17-24(33)29-18-27(14-6-1-7-15-27)31-16-19-8-2-3-9-20(19)26(31)35/h2-5,8-13H,1,6-7,14-18H2,(H,29,33). The fourth-order valence-corrected chi connectivity index (χ4v) is 5.22. The third kappa shape index (κ3) is 4.48. The van der Waals surface area contributed by atoms with Gasteiger partial charge >= 0.3 is 0 Å². The van der Waals surface area contributed by atoms with Gasteiger partial charge in [-0.3, -0.25) is 14.4 Å². The van der Waals surface area contributed by atoms with Crippen molar-refractivity contribution < 1.29 is 14.0 Å². The summed E-state index contributed by atoms with van der Waals surface area (Å²) in [4.78, 5) is 40.4. The average molecular weight is 475 g/mol. The maximum Gasteiger partial charge on any atom is 0.267 e. The summed E-state index contributed by atoms with van der Waals surface area (Å²) in [6.45, 7) is 0.565. The second-order valence-corrected chi connectivity index (χ2v) is 9.30. The van der Waals surface area contributed by atoms with Crippen LogP contribution in [-0.4, -0.2) is 38.6 Å². The van der Waals surface area contributed by atoms with Crippen LogP contribution in [0.25, 0.3) is 11.3 Å². The van der Waals surface area contributed by atoms with Crippen molar-refractivity contribution in [3.63, 3.8) is 0 Å². The van der Waals surface area contributed by atoms with Crippen molar-refractivity contribution >= 4 is 11.8 Å². The zero-order chi connectivity index (χ0) is 24.4. The van der Waals surface area contributed by atoms with Gasteiger partial charge in [-0.2, -0.15) is 5.10 Å². The van der Waals surface area contributed by atoms with Gasteiger partial charge in [-0.25, -0.2) is 9.07 Å². The molecule has 0 atom stereocenters. The van der Waals surface area contributed by atoms with Crippen LogP contribution < -0.4 is 10.9 Å². The summed E-state index contributed by atoms with van der Waals surface area (Å²) in [7, 11) is 0. The number of benzene rings is 2. The van der Waals surface area contributed by atoms with Crippen LogP contribution in [0.3, 0.4) is 0 Å². The first-order valence-corrected chi connectivity index (χ1v) is 12.0. The molecule has 7 nitrogen and oxygen atoms in total. The predicted octanol–water partition coefficient (Wildman–Crippen LogP) is 3.52. The lowest BCUT2D eigenvalue weighted by atomic mass is 9.80. The highest BCUT2D eigenvalue weighted by Gasteiger charge is 2.44. The number of amides is 2. The van der Waals surface area contributed by atoms with E-state index in [0.29, 0.717) is 13.1 Å². The summed E-state index contributed by atoms with van der Waals surface area (Å²) in [5.41, 5.74) is 1.36. The Balaban J connectivity index is 1.32. The Kier molecular flexibility index (Phi) is 6.19. The van der Waals surface area contributed by atoms with Gasteiger partial charge in [0.15, 0.2) is 0 Å². The van der Waals surface area contributed by atoms with Gasteiger partial charge in [0.05, 0.1) is 11.2 Å². The van der Waals surface area contributed by atoms with Gasteiger partial charge < -0.3 is 10.2 Å². The molecule has 2 aliphatic rings. The summed E-state index contributed by atoms with van der Waals surface area (Å²) >= 11 is 0. The van der Waals surface area contributed by atoms with E-state index in [2.05, 4.69) is 10.4 Å². The summed E-state index contributed by atoms with van der Waals surface area (Å²) in [6.07, 6.45) is 4.71. The Hall–Kier alpha value is -3.81. The van der Waals surface area contributed by atoms with E-state index in [-0.39, 0.29) is 29.6 Å². The number of halogens is 1. The molecular weight excluding hydrogens is 447 g/mol. The quantitative estimate of drug-likeness (QED) is 0.593. The lowest BCUT2D eigenvalue weighted by Crippen LogP contribution is -2.57. The molecule has 35 heavy (non-hydrogen) atoms. The van der Waals surface area contributed by atoms with E-state index in [1.807, 2.05) is 29.2 Å². The molecule has 2 amide bonds. The lowest BCUT2D eigenvalue weighted by molar-refractivity contribution is -0.122. The molecule has 0 bridgehead atoms. The zero-order valence-electron chi connectivity index (χ0n) is 19.4. The molecule has 1 aliphatic heterocycles. The Morgan fingerprint density at radius 3 is 2.40 bits per heavy atom. The molecule has 5 rings (SSSR count). The first kappa shape index (κ1) is 23.0. The fraction of sp³-hybridized carbons (Fsp3) is 0.333. The summed E-state index contributed by atoms with van der Waals surface area (Å²) in [5.74, 6) is -0.822. The molecule has 0 unspecified atom stereocenters. The molecule has 0 saturated heterocycles. The largest absolute Gasteiger partial charge is 0.352 e. The van der Waals surface area contributed by atoms with E-state index in [9.17, 15) is 18.8 Å². The summed E-state index contributed by atoms with van der Waals surface area (Å²) in [5, 5.41) is 7.17. The summed E-state index contributed by atoms with van der Waals surface area (Å²) in [6, 6.07) is 16.5. The van der Waals surface area contributed by atoms with E-state index in [1.54, 1.807) is 18.2 Å². The van der Waals surface area contributed by atoms with Crippen molar-refractivity contribution in [2.75, 3.05) is 6.54 Å². The Morgan fingerprint density at radius 2 is 1.66 bits per heavy atom. The van der Waals surface area contributed by atoms with E-state index >= 15 is 0 Å². The number of rotatable bonds is 6. The maximum absolute atomic E-state index is 14.2. The Labute approximate surface area is 202 Å². The van der Waals surface area contributed by atoms with Crippen molar-refractivity contribution in [2.45, 2.75) is 50.7 Å². The number of nitrogens with one attached hydrogen (secondary N) is 1. The second-order valence-electron chi connectivity index (χ2n) is 9.30. The smallest absolute Gasteiger partial charge is 0.267 e. The molecule has 1 aromatic heterocycles. The van der Waals surface area contributed by atoms with Gasteiger partial charge in [0.25, 0.3) is 11.5 Å². The minimum Gasteiger partial charge on any atom is -0.352 e. The van der Waals surface area contributed by atoms with Crippen LogP contribution in [0.15, 0.2) is 65.5 Å². The number of carbonyl (C=O) groups excluding carboxylic acids is 2.